The molecule has 1 aliphatic rings. The van der Waals surface area contributed by atoms with Gasteiger partial charge in [0.15, 0.2) is 5.78 Å². The number of rotatable bonds is 3. The lowest BCUT2D eigenvalue weighted by Gasteiger charge is -2.32. The van der Waals surface area contributed by atoms with E-state index in [1.54, 1.807) is 12.3 Å². The van der Waals surface area contributed by atoms with Crippen LogP contribution in [0, 0.1) is 24.2 Å². The molecule has 3 rings (SSSR count). The summed E-state index contributed by atoms with van der Waals surface area (Å²) in [6.07, 6.45) is 3.28. The van der Waals surface area contributed by atoms with Crippen molar-refractivity contribution >= 4 is 11.6 Å². The predicted octanol–water partition coefficient (Wildman–Crippen LogP) is 3.36. The van der Waals surface area contributed by atoms with Gasteiger partial charge in [-0.15, -0.1) is 0 Å². The van der Waals surface area contributed by atoms with Gasteiger partial charge in [0, 0.05) is 30.8 Å². The fourth-order valence-corrected chi connectivity index (χ4v) is 2.96. The molecule has 1 aromatic carbocycles. The van der Waals surface area contributed by atoms with Gasteiger partial charge in [0.05, 0.1) is 5.56 Å². The number of pyridine rings is 1. The van der Waals surface area contributed by atoms with Crippen LogP contribution in [0.15, 0.2) is 42.6 Å². The van der Waals surface area contributed by atoms with Crippen molar-refractivity contribution in [2.45, 2.75) is 19.8 Å². The van der Waals surface area contributed by atoms with Crippen molar-refractivity contribution in [1.82, 2.24) is 4.98 Å². The summed E-state index contributed by atoms with van der Waals surface area (Å²) in [5.41, 5.74) is 2.55. The molecule has 0 saturated carbocycles. The monoisotopic (exact) mass is 305 g/mol. The summed E-state index contributed by atoms with van der Waals surface area (Å²) >= 11 is 0. The van der Waals surface area contributed by atoms with Gasteiger partial charge in [0.2, 0.25) is 0 Å². The van der Waals surface area contributed by atoms with Crippen LogP contribution in [0.1, 0.15) is 34.3 Å². The van der Waals surface area contributed by atoms with Crippen molar-refractivity contribution in [3.8, 4) is 6.07 Å². The summed E-state index contributed by atoms with van der Waals surface area (Å²) in [6, 6.07) is 13.6. The molecule has 0 amide bonds. The number of aromatic nitrogens is 1. The average Bonchev–Trinajstić information content (AvgIpc) is 2.62. The molecule has 0 spiro atoms. The summed E-state index contributed by atoms with van der Waals surface area (Å²) in [5.74, 6) is 1.22. The van der Waals surface area contributed by atoms with E-state index < -0.39 is 0 Å². The first-order valence-corrected chi connectivity index (χ1v) is 7.89. The summed E-state index contributed by atoms with van der Waals surface area (Å²) in [7, 11) is 0. The number of anilines is 1. The Kier molecular flexibility index (Phi) is 4.38. The van der Waals surface area contributed by atoms with E-state index >= 15 is 0 Å². The Hall–Kier alpha value is -2.67. The van der Waals surface area contributed by atoms with E-state index in [-0.39, 0.29) is 11.7 Å². The van der Waals surface area contributed by atoms with Crippen LogP contribution < -0.4 is 4.90 Å². The quantitative estimate of drug-likeness (QED) is 0.816. The van der Waals surface area contributed by atoms with Gasteiger partial charge in [0.1, 0.15) is 11.9 Å². The largest absolute Gasteiger partial charge is 0.357 e. The molecule has 116 valence electrons. The number of nitriles is 1. The van der Waals surface area contributed by atoms with E-state index in [1.165, 1.54) is 5.56 Å². The lowest BCUT2D eigenvalue weighted by Crippen LogP contribution is -2.36. The Balaban J connectivity index is 1.62. The maximum Gasteiger partial charge on any atom is 0.166 e. The van der Waals surface area contributed by atoms with Gasteiger partial charge >= 0.3 is 0 Å². The molecule has 2 heterocycles. The minimum atomic E-state index is 0.0901. The molecule has 0 N–H and O–H groups in total. The van der Waals surface area contributed by atoms with Crippen LogP contribution in [-0.2, 0) is 0 Å². The molecular weight excluding hydrogens is 286 g/mol. The molecule has 23 heavy (non-hydrogen) atoms. The van der Waals surface area contributed by atoms with Gasteiger partial charge in [-0.25, -0.2) is 4.98 Å². The van der Waals surface area contributed by atoms with Gasteiger partial charge in [-0.1, -0.05) is 29.8 Å². The van der Waals surface area contributed by atoms with E-state index in [4.69, 9.17) is 5.26 Å². The van der Waals surface area contributed by atoms with Crippen molar-refractivity contribution in [3.05, 3.63) is 59.3 Å². The number of carbonyl (C=O) groups is 1. The number of hydrogen-bond donors (Lipinski definition) is 0. The zero-order valence-electron chi connectivity index (χ0n) is 13.2. The van der Waals surface area contributed by atoms with Crippen LogP contribution in [0.4, 0.5) is 5.82 Å². The van der Waals surface area contributed by atoms with Crippen LogP contribution in [0.2, 0.25) is 0 Å². The molecule has 1 saturated heterocycles. The van der Waals surface area contributed by atoms with Crippen LogP contribution in [-0.4, -0.2) is 23.9 Å². The molecular formula is C19H19N3O. The predicted molar refractivity (Wildman–Crippen MR) is 89.4 cm³/mol. The Morgan fingerprint density at radius 3 is 2.43 bits per heavy atom. The lowest BCUT2D eigenvalue weighted by molar-refractivity contribution is 0.0900. The maximum absolute atomic E-state index is 12.6. The molecule has 1 aromatic heterocycles. The summed E-state index contributed by atoms with van der Waals surface area (Å²) in [5, 5.41) is 8.82. The summed E-state index contributed by atoms with van der Waals surface area (Å²) in [6.45, 7) is 3.67. The summed E-state index contributed by atoms with van der Waals surface area (Å²) < 4.78 is 0. The molecule has 0 unspecified atom stereocenters. The van der Waals surface area contributed by atoms with Crippen LogP contribution in [0.5, 0.6) is 0 Å². The average molecular weight is 305 g/mol. The molecule has 4 heteroatoms. The number of hydrogen-bond acceptors (Lipinski definition) is 4. The van der Waals surface area contributed by atoms with Crippen molar-refractivity contribution < 1.29 is 4.79 Å². The Bertz CT molecular complexity index is 721. The Morgan fingerprint density at radius 1 is 1.17 bits per heavy atom. The molecule has 2 aromatic rings. The Labute approximate surface area is 136 Å². The van der Waals surface area contributed by atoms with E-state index in [1.807, 2.05) is 37.3 Å². The zero-order valence-corrected chi connectivity index (χ0v) is 13.2. The highest BCUT2D eigenvalue weighted by molar-refractivity contribution is 5.98. The van der Waals surface area contributed by atoms with E-state index in [0.717, 1.165) is 37.3 Å². The molecule has 0 bridgehead atoms. The SMILES string of the molecule is Cc1ccc(C(=O)C2CCN(c3ccc(C#N)cn3)CC2)cc1. The third-order valence-corrected chi connectivity index (χ3v) is 4.40. The van der Waals surface area contributed by atoms with Crippen molar-refractivity contribution in [3.63, 3.8) is 0 Å². The first-order valence-electron chi connectivity index (χ1n) is 7.89. The highest BCUT2D eigenvalue weighted by atomic mass is 16.1. The lowest BCUT2D eigenvalue weighted by atomic mass is 9.88. The molecule has 1 aliphatic heterocycles. The van der Waals surface area contributed by atoms with Crippen LogP contribution in [0.3, 0.4) is 0 Å². The molecule has 0 aliphatic carbocycles. The minimum Gasteiger partial charge on any atom is -0.357 e. The smallest absolute Gasteiger partial charge is 0.166 e. The standard InChI is InChI=1S/C19H19N3O/c1-14-2-5-16(6-3-14)19(23)17-8-10-22(11-9-17)18-7-4-15(12-20)13-21-18/h2-7,13,17H,8-11H2,1H3. The second-order valence-electron chi connectivity index (χ2n) is 6.01. The number of Topliss-reactive ketones (excluding diaryl/α,β-unsaturated/α-hetero) is 1. The van der Waals surface area contributed by atoms with Crippen molar-refractivity contribution in [1.29, 1.82) is 5.26 Å². The van der Waals surface area contributed by atoms with Crippen LogP contribution >= 0.6 is 0 Å². The van der Waals surface area contributed by atoms with E-state index in [2.05, 4.69) is 16.0 Å². The summed E-state index contributed by atoms with van der Waals surface area (Å²) in [4.78, 5) is 19.1. The highest BCUT2D eigenvalue weighted by Gasteiger charge is 2.26. The first kappa shape index (κ1) is 15.2. The number of piperidine rings is 1. The molecule has 0 radical (unpaired) electrons. The number of aryl methyl sites for hydroxylation is 1. The number of carbonyl (C=O) groups excluding carboxylic acids is 1. The topological polar surface area (TPSA) is 57.0 Å². The number of benzene rings is 1. The van der Waals surface area contributed by atoms with E-state index in [0.29, 0.717) is 5.56 Å². The second kappa shape index (κ2) is 6.62. The third kappa shape index (κ3) is 3.40. The third-order valence-electron chi connectivity index (χ3n) is 4.40. The van der Waals surface area contributed by atoms with Crippen molar-refractivity contribution in [2.24, 2.45) is 5.92 Å². The zero-order chi connectivity index (χ0) is 16.2. The number of ketones is 1. The molecule has 4 nitrogen and oxygen atoms in total. The van der Waals surface area contributed by atoms with Crippen LogP contribution in [0.25, 0.3) is 0 Å². The molecule has 0 atom stereocenters. The second-order valence-corrected chi connectivity index (χ2v) is 6.01. The fraction of sp³-hybridized carbons (Fsp3) is 0.316. The van der Waals surface area contributed by atoms with Gasteiger partial charge < -0.3 is 4.90 Å². The number of nitrogens with zero attached hydrogens (tertiary/aromatic N) is 3. The highest BCUT2D eigenvalue weighted by Crippen LogP contribution is 2.25. The molecule has 1 fully saturated rings. The fourth-order valence-electron chi connectivity index (χ4n) is 2.96. The Morgan fingerprint density at radius 2 is 1.87 bits per heavy atom. The maximum atomic E-state index is 12.6. The minimum absolute atomic E-state index is 0.0901. The van der Waals surface area contributed by atoms with Gasteiger partial charge in [-0.2, -0.15) is 5.26 Å². The van der Waals surface area contributed by atoms with Crippen molar-refractivity contribution in [2.75, 3.05) is 18.0 Å². The van der Waals surface area contributed by atoms with Gasteiger partial charge in [-0.3, -0.25) is 4.79 Å². The van der Waals surface area contributed by atoms with Gasteiger partial charge in [0.25, 0.3) is 0 Å². The normalized spacial score (nSPS) is 15.2. The van der Waals surface area contributed by atoms with E-state index in [9.17, 15) is 4.79 Å². The van der Waals surface area contributed by atoms with Gasteiger partial charge in [-0.05, 0) is 31.9 Å². The first-order chi connectivity index (χ1) is 11.2.